The monoisotopic (exact) mass is 366 g/mol. The molecule has 2 aliphatic heterocycles. The minimum Gasteiger partial charge on any atom is -0.489 e. The predicted octanol–water partition coefficient (Wildman–Crippen LogP) is 2.54. The normalized spacial score (nSPS) is 20.0. The van der Waals surface area contributed by atoms with Gasteiger partial charge >= 0.3 is 0 Å². The van der Waals surface area contributed by atoms with E-state index in [4.69, 9.17) is 9.47 Å². The van der Waals surface area contributed by atoms with E-state index in [1.807, 2.05) is 12.1 Å². The van der Waals surface area contributed by atoms with Gasteiger partial charge in [0.2, 0.25) is 0 Å². The third-order valence-electron chi connectivity index (χ3n) is 4.06. The number of hydrogen-bond donors (Lipinski definition) is 1. The minimum absolute atomic E-state index is 0.461. The van der Waals surface area contributed by atoms with E-state index in [0.29, 0.717) is 12.6 Å². The van der Waals surface area contributed by atoms with Gasteiger partial charge in [0, 0.05) is 42.3 Å². The molecule has 120 valence electrons. The number of morpholine rings is 1. The molecule has 0 aliphatic carbocycles. The number of benzene rings is 1. The second-order valence-electron chi connectivity index (χ2n) is 5.97. The fraction of sp³-hybridized carbons (Fsp3) is 0.529. The lowest BCUT2D eigenvalue weighted by Gasteiger charge is -2.29. The maximum atomic E-state index is 5.82. The summed E-state index contributed by atoms with van der Waals surface area (Å²) < 4.78 is 12.3. The molecular formula is C17H23BrN2O2. The Bertz CT molecular complexity index is 541. The topological polar surface area (TPSA) is 33.7 Å². The van der Waals surface area contributed by atoms with E-state index in [1.165, 1.54) is 5.57 Å². The Morgan fingerprint density at radius 3 is 2.95 bits per heavy atom. The van der Waals surface area contributed by atoms with Gasteiger partial charge in [-0.15, -0.1) is 0 Å². The van der Waals surface area contributed by atoms with Crippen molar-refractivity contribution in [2.45, 2.75) is 13.0 Å². The van der Waals surface area contributed by atoms with Crippen molar-refractivity contribution in [2.75, 3.05) is 46.0 Å². The molecule has 0 amide bonds. The van der Waals surface area contributed by atoms with Crippen molar-refractivity contribution >= 4 is 22.0 Å². The first kappa shape index (κ1) is 16.0. The smallest absolute Gasteiger partial charge is 0.127 e. The Kier molecular flexibility index (Phi) is 5.52. The summed E-state index contributed by atoms with van der Waals surface area (Å²) in [6.45, 7) is 8.65. The average Bonchev–Trinajstić information content (AvgIpc) is 2.53. The summed E-state index contributed by atoms with van der Waals surface area (Å²) in [4.78, 5) is 2.46. The van der Waals surface area contributed by atoms with Crippen LogP contribution in [-0.2, 0) is 4.74 Å². The molecule has 3 rings (SSSR count). The summed E-state index contributed by atoms with van der Waals surface area (Å²) in [6, 6.07) is 6.59. The molecule has 1 fully saturated rings. The molecule has 1 N–H and O–H groups in total. The number of nitrogens with zero attached hydrogens (tertiary/aromatic N) is 1. The van der Waals surface area contributed by atoms with Crippen LogP contribution in [0.15, 0.2) is 28.2 Å². The molecule has 0 bridgehead atoms. The number of fused-ring (bicyclic) bond motifs is 1. The molecule has 0 aromatic heterocycles. The predicted molar refractivity (Wildman–Crippen MR) is 92.3 cm³/mol. The van der Waals surface area contributed by atoms with Crippen molar-refractivity contribution in [3.63, 3.8) is 0 Å². The van der Waals surface area contributed by atoms with Crippen LogP contribution < -0.4 is 10.1 Å². The van der Waals surface area contributed by atoms with Crippen LogP contribution in [0.1, 0.15) is 12.5 Å². The summed E-state index contributed by atoms with van der Waals surface area (Å²) in [7, 11) is 0. The number of nitrogens with one attached hydrogen (secondary N) is 1. The summed E-state index contributed by atoms with van der Waals surface area (Å²) in [5, 5.41) is 3.60. The lowest BCUT2D eigenvalue weighted by atomic mass is 10.1. The van der Waals surface area contributed by atoms with Crippen LogP contribution in [0.2, 0.25) is 0 Å². The minimum atomic E-state index is 0.461. The second kappa shape index (κ2) is 7.59. The van der Waals surface area contributed by atoms with Crippen LogP contribution in [0.25, 0.3) is 6.08 Å². The highest BCUT2D eigenvalue weighted by molar-refractivity contribution is 9.10. The van der Waals surface area contributed by atoms with E-state index in [9.17, 15) is 0 Å². The summed E-state index contributed by atoms with van der Waals surface area (Å²) in [5.41, 5.74) is 2.44. The van der Waals surface area contributed by atoms with Gasteiger partial charge < -0.3 is 14.8 Å². The summed E-state index contributed by atoms with van der Waals surface area (Å²) in [5.74, 6) is 0.966. The Labute approximate surface area is 140 Å². The van der Waals surface area contributed by atoms with E-state index in [2.05, 4.69) is 45.2 Å². The fourth-order valence-corrected chi connectivity index (χ4v) is 3.22. The third kappa shape index (κ3) is 4.32. The van der Waals surface area contributed by atoms with Gasteiger partial charge in [-0.3, -0.25) is 4.90 Å². The SMILES string of the molecule is CC(CN1CCOCC1)NCC1=Cc2cc(Br)ccc2OC1. The van der Waals surface area contributed by atoms with Gasteiger partial charge in [0.25, 0.3) is 0 Å². The molecule has 22 heavy (non-hydrogen) atoms. The van der Waals surface area contributed by atoms with Crippen LogP contribution in [0.4, 0.5) is 0 Å². The number of ether oxygens (including phenoxy) is 2. The highest BCUT2D eigenvalue weighted by Crippen LogP contribution is 2.28. The molecule has 4 nitrogen and oxygen atoms in total. The molecule has 2 heterocycles. The van der Waals surface area contributed by atoms with Crippen molar-refractivity contribution in [1.82, 2.24) is 10.2 Å². The second-order valence-corrected chi connectivity index (χ2v) is 6.88. The van der Waals surface area contributed by atoms with Crippen molar-refractivity contribution < 1.29 is 9.47 Å². The maximum Gasteiger partial charge on any atom is 0.127 e. The molecule has 1 aromatic rings. The zero-order valence-electron chi connectivity index (χ0n) is 13.0. The van der Waals surface area contributed by atoms with Crippen molar-refractivity contribution in [1.29, 1.82) is 0 Å². The van der Waals surface area contributed by atoms with Crippen LogP contribution in [-0.4, -0.2) is 56.9 Å². The van der Waals surface area contributed by atoms with E-state index < -0.39 is 0 Å². The molecule has 2 aliphatic rings. The van der Waals surface area contributed by atoms with Gasteiger partial charge in [0.1, 0.15) is 12.4 Å². The van der Waals surface area contributed by atoms with Crippen LogP contribution in [0, 0.1) is 0 Å². The van der Waals surface area contributed by atoms with Gasteiger partial charge in [0.15, 0.2) is 0 Å². The molecule has 1 unspecified atom stereocenters. The van der Waals surface area contributed by atoms with Gasteiger partial charge in [-0.05, 0) is 36.8 Å². The largest absolute Gasteiger partial charge is 0.489 e. The molecule has 1 aromatic carbocycles. The Balaban J connectivity index is 1.51. The molecule has 5 heteroatoms. The van der Waals surface area contributed by atoms with Gasteiger partial charge in [0.05, 0.1) is 13.2 Å². The summed E-state index contributed by atoms with van der Waals surface area (Å²) >= 11 is 3.51. The average molecular weight is 367 g/mol. The highest BCUT2D eigenvalue weighted by atomic mass is 79.9. The van der Waals surface area contributed by atoms with Gasteiger partial charge in [-0.25, -0.2) is 0 Å². The summed E-state index contributed by atoms with van der Waals surface area (Å²) in [6.07, 6.45) is 2.23. The van der Waals surface area contributed by atoms with Gasteiger partial charge in [-0.2, -0.15) is 0 Å². The standard InChI is InChI=1S/C17H23BrN2O2/c1-13(11-20-4-6-21-7-5-20)19-10-14-8-15-9-16(18)2-3-17(15)22-12-14/h2-3,8-9,13,19H,4-7,10-12H2,1H3. The lowest BCUT2D eigenvalue weighted by Crippen LogP contribution is -2.45. The molecule has 0 saturated carbocycles. The Morgan fingerprint density at radius 2 is 2.14 bits per heavy atom. The zero-order chi connectivity index (χ0) is 15.4. The maximum absolute atomic E-state index is 5.82. The van der Waals surface area contributed by atoms with Crippen molar-refractivity contribution in [2.24, 2.45) is 0 Å². The first-order chi connectivity index (χ1) is 10.7. The molecule has 0 radical (unpaired) electrons. The van der Waals surface area contributed by atoms with E-state index >= 15 is 0 Å². The van der Waals surface area contributed by atoms with E-state index in [1.54, 1.807) is 0 Å². The first-order valence-corrected chi connectivity index (χ1v) is 8.65. The quantitative estimate of drug-likeness (QED) is 0.867. The Hall–Kier alpha value is -0.880. The zero-order valence-corrected chi connectivity index (χ0v) is 14.6. The number of rotatable bonds is 5. The third-order valence-corrected chi connectivity index (χ3v) is 4.55. The van der Waals surface area contributed by atoms with Crippen LogP contribution >= 0.6 is 15.9 Å². The van der Waals surface area contributed by atoms with Crippen molar-refractivity contribution in [3.8, 4) is 5.75 Å². The van der Waals surface area contributed by atoms with E-state index in [0.717, 1.165) is 55.2 Å². The van der Waals surface area contributed by atoms with E-state index in [-0.39, 0.29) is 0 Å². The van der Waals surface area contributed by atoms with Crippen LogP contribution in [0.5, 0.6) is 5.75 Å². The fourth-order valence-electron chi connectivity index (χ4n) is 2.84. The van der Waals surface area contributed by atoms with Gasteiger partial charge in [-0.1, -0.05) is 15.9 Å². The molecule has 1 saturated heterocycles. The number of hydrogen-bond acceptors (Lipinski definition) is 4. The lowest BCUT2D eigenvalue weighted by molar-refractivity contribution is 0.0345. The van der Waals surface area contributed by atoms with Crippen molar-refractivity contribution in [3.05, 3.63) is 33.8 Å². The highest BCUT2D eigenvalue weighted by Gasteiger charge is 2.15. The molecule has 1 atom stereocenters. The molecular weight excluding hydrogens is 344 g/mol. The Morgan fingerprint density at radius 1 is 1.32 bits per heavy atom. The number of halogens is 1. The first-order valence-electron chi connectivity index (χ1n) is 7.86. The molecule has 0 spiro atoms. The van der Waals surface area contributed by atoms with Crippen LogP contribution in [0.3, 0.4) is 0 Å².